The van der Waals surface area contributed by atoms with Crippen molar-refractivity contribution < 1.29 is 10.2 Å². The van der Waals surface area contributed by atoms with Gasteiger partial charge in [-0.3, -0.25) is 4.79 Å². The molecule has 0 amide bonds. The smallest absolute Gasteiger partial charge is 0.277 e. The summed E-state index contributed by atoms with van der Waals surface area (Å²) in [5, 5.41) is 33.1. The van der Waals surface area contributed by atoms with Gasteiger partial charge in [-0.1, -0.05) is 32.0 Å². The molecule has 0 radical (unpaired) electrons. The molecule has 59 heavy (non-hydrogen) atoms. The van der Waals surface area contributed by atoms with Crippen LogP contribution in [0.4, 0.5) is 0 Å². The number of rotatable bonds is 17. The average Bonchev–Trinajstić information content (AvgIpc) is 3.72. The summed E-state index contributed by atoms with van der Waals surface area (Å²) in [5.41, 5.74) is 4.43. The molecule has 10 nitrogen and oxygen atoms in total. The van der Waals surface area contributed by atoms with Crippen LogP contribution in [0.5, 0.6) is 0 Å². The minimum absolute atomic E-state index is 0.0453. The van der Waals surface area contributed by atoms with Crippen LogP contribution in [0.3, 0.4) is 0 Å². The third kappa shape index (κ3) is 11.9. The van der Waals surface area contributed by atoms with E-state index in [4.69, 9.17) is 0 Å². The Morgan fingerprint density at radius 1 is 0.678 bits per heavy atom. The summed E-state index contributed by atoms with van der Waals surface area (Å²) in [6, 6.07) is 17.1. The number of thioether (sulfide) groups is 2. The van der Waals surface area contributed by atoms with E-state index in [0.717, 1.165) is 73.9 Å². The molecule has 4 heterocycles. The summed E-state index contributed by atoms with van der Waals surface area (Å²) < 4.78 is 10.1. The summed E-state index contributed by atoms with van der Waals surface area (Å²) in [6.45, 7) is 10.5. The van der Waals surface area contributed by atoms with E-state index >= 15 is 0 Å². The van der Waals surface area contributed by atoms with Crippen LogP contribution in [0.1, 0.15) is 63.1 Å². The van der Waals surface area contributed by atoms with Crippen molar-refractivity contribution in [2.75, 3.05) is 24.7 Å². The van der Waals surface area contributed by atoms with Crippen LogP contribution in [0.15, 0.2) is 80.6 Å². The molecule has 2 aromatic carbocycles. The largest absolute Gasteiger partial charge is 0.396 e. The Labute approximate surface area is 375 Å². The molecule has 0 aliphatic carbocycles. The molecule has 2 N–H and O–H groups in total. The van der Waals surface area contributed by atoms with Gasteiger partial charge in [0.1, 0.15) is 0 Å². The topological polar surface area (TPSA) is 120 Å². The zero-order valence-corrected chi connectivity index (χ0v) is 42.7. The van der Waals surface area contributed by atoms with Crippen molar-refractivity contribution in [2.45, 2.75) is 91.3 Å². The second-order valence-electron chi connectivity index (χ2n) is 17.0. The van der Waals surface area contributed by atoms with Crippen LogP contribution in [0.25, 0.3) is 21.5 Å². The number of aryl methyl sites for hydroxylation is 2. The molecule has 0 unspecified atom stereocenters. The number of nitrogens with zero attached hydrogens (tertiary/aromatic N) is 6. The molecule has 0 spiro atoms. The predicted octanol–water partition coefficient (Wildman–Crippen LogP) is 8.06. The van der Waals surface area contributed by atoms with Gasteiger partial charge in [-0.15, -0.1) is 11.8 Å². The van der Waals surface area contributed by atoms with E-state index in [9.17, 15) is 19.8 Å². The fourth-order valence-corrected chi connectivity index (χ4v) is 14.9. The summed E-state index contributed by atoms with van der Waals surface area (Å²) >= 11 is 3.38. The standard InChI is InChI=1S/C21H26IN3O2S.C21H26N3O2S.3CH3.Sn/c1-14(2)11-18-16-13-25(12-15-7-4-5-8-17(15)22)21(28-10-6-9-26)19(16)20(27)24(3)23-18;1-15(2)12-18-17-14-24(13-16-8-5-4-6-9-16)21(27-11-7-10-25)19(17)20(26)23(3)22-18;;;;/h4-5,7-8,13-14,26H,6,9-12H2,1-3H3;4-6,8,14-15,25H,7,10-13H2,1-3H3;3*1H3;/i22-2;;;;;. The van der Waals surface area contributed by atoms with Crippen LogP contribution in [-0.2, 0) is 40.0 Å². The first-order chi connectivity index (χ1) is 28.0. The molecule has 0 aliphatic heterocycles. The molecule has 14 heteroatoms. The van der Waals surface area contributed by atoms with Gasteiger partial charge < -0.3 is 9.67 Å². The first-order valence-corrected chi connectivity index (χ1v) is 33.6. The average molecular weight is 1060 g/mol. The molecule has 0 atom stereocenters. The summed E-state index contributed by atoms with van der Waals surface area (Å²) in [4.78, 5) is 33.4. The van der Waals surface area contributed by atoms with E-state index in [1.807, 2.05) is 12.1 Å². The van der Waals surface area contributed by atoms with E-state index in [1.54, 1.807) is 37.6 Å². The Morgan fingerprint density at radius 2 is 1.10 bits per heavy atom. The van der Waals surface area contributed by atoms with Crippen LogP contribution in [0.2, 0.25) is 14.8 Å². The van der Waals surface area contributed by atoms with Gasteiger partial charge in [-0.05, 0) is 53.0 Å². The SMILES string of the molecule is CC(C)Cc1nn(C)c(=O)c2c(SCCCO)n(Cc3cccc[c]3[Sn]([CH3])([CH3])[CH3])cc12.CC(C)Cc1nn(C)c(=O)c2c(SCCCO)n(Cc3ccccc3[125I])cc12. The van der Waals surface area contributed by atoms with Gasteiger partial charge in [0.25, 0.3) is 5.56 Å². The third-order valence-electron chi connectivity index (χ3n) is 9.99. The molecule has 0 fully saturated rings. The van der Waals surface area contributed by atoms with Crippen LogP contribution >= 0.6 is 46.1 Å². The summed E-state index contributed by atoms with van der Waals surface area (Å²) in [6.07, 6.45) is 7.30. The van der Waals surface area contributed by atoms with Gasteiger partial charge >= 0.3 is 194 Å². The summed E-state index contributed by atoms with van der Waals surface area (Å²) in [5.74, 6) is 2.46. The maximum atomic E-state index is 13.1. The summed E-state index contributed by atoms with van der Waals surface area (Å²) in [7, 11) is 3.47. The normalized spacial score (nSPS) is 12.0. The quantitative estimate of drug-likeness (QED) is 0.0408. The predicted molar refractivity (Wildman–Crippen MR) is 259 cm³/mol. The van der Waals surface area contributed by atoms with Crippen LogP contribution in [-0.4, -0.2) is 82.0 Å². The Kier molecular flexibility index (Phi) is 17.3. The van der Waals surface area contributed by atoms with Crippen molar-refractivity contribution >= 4 is 89.6 Å². The van der Waals surface area contributed by atoms with Crippen molar-refractivity contribution in [2.24, 2.45) is 25.9 Å². The molecule has 6 aromatic rings. The minimum atomic E-state index is -2.29. The van der Waals surface area contributed by atoms with Gasteiger partial charge in [-0.2, -0.15) is 5.10 Å². The Balaban J connectivity index is 0.000000225. The molecule has 318 valence electrons. The number of hydrogen-bond donors (Lipinski definition) is 2. The van der Waals surface area contributed by atoms with Gasteiger partial charge in [0.2, 0.25) is 0 Å². The van der Waals surface area contributed by atoms with E-state index in [-0.39, 0.29) is 24.3 Å². The van der Waals surface area contributed by atoms with Crippen LogP contribution in [0, 0.1) is 15.4 Å². The monoisotopic (exact) mass is 1060 g/mol. The minimum Gasteiger partial charge on any atom is -0.396 e. The number of aliphatic hydroxyl groups is 2. The van der Waals surface area contributed by atoms with E-state index < -0.39 is 18.4 Å². The fraction of sp³-hybridized carbons (Fsp3) is 0.467. The Hall–Kier alpha value is -2.57. The fourth-order valence-electron chi connectivity index (χ4n) is 7.28. The van der Waals surface area contributed by atoms with Gasteiger partial charge in [0, 0.05) is 41.1 Å². The van der Waals surface area contributed by atoms with Crippen molar-refractivity contribution in [3.63, 3.8) is 0 Å². The third-order valence-corrected chi connectivity index (χ3v) is 19.5. The molecular weight excluding hydrogens is 996 g/mol. The van der Waals surface area contributed by atoms with Crippen molar-refractivity contribution in [3.05, 3.63) is 108 Å². The molecule has 0 saturated carbocycles. The zero-order chi connectivity index (χ0) is 43.0. The molecule has 6 rings (SSSR count). The molecule has 0 saturated heterocycles. The van der Waals surface area contributed by atoms with Gasteiger partial charge in [0.05, 0.1) is 16.1 Å². The molecular formula is C45H61IN6O4S2Sn. The number of halogens is 1. The molecule has 4 aromatic heterocycles. The van der Waals surface area contributed by atoms with Crippen LogP contribution < -0.4 is 14.7 Å². The second kappa shape index (κ2) is 21.5. The first kappa shape index (κ1) is 47.5. The molecule has 0 bridgehead atoms. The van der Waals surface area contributed by atoms with Gasteiger partial charge in [0.15, 0.2) is 0 Å². The maximum absolute atomic E-state index is 13.1. The van der Waals surface area contributed by atoms with Crippen molar-refractivity contribution in [1.29, 1.82) is 0 Å². The van der Waals surface area contributed by atoms with Gasteiger partial charge in [-0.25, -0.2) is 4.68 Å². The number of aliphatic hydroxyl groups excluding tert-OH is 2. The van der Waals surface area contributed by atoms with Crippen molar-refractivity contribution in [3.8, 4) is 0 Å². The number of hydrogen-bond acceptors (Lipinski definition) is 8. The second-order valence-corrected chi connectivity index (χ2v) is 34.7. The van der Waals surface area contributed by atoms with E-state index in [1.165, 1.54) is 27.6 Å². The number of fused-ring (bicyclic) bond motifs is 2. The first-order valence-electron chi connectivity index (χ1n) is 20.5. The number of aromatic nitrogens is 6. The molecule has 0 aliphatic rings. The zero-order valence-electron chi connectivity index (χ0n) is 36.1. The maximum Gasteiger partial charge on any atom is 0.277 e. The number of benzene rings is 2. The van der Waals surface area contributed by atoms with E-state index in [0.29, 0.717) is 31.2 Å². The Bertz CT molecular complexity index is 2480. The van der Waals surface area contributed by atoms with Crippen molar-refractivity contribution in [1.82, 2.24) is 28.7 Å². The van der Waals surface area contributed by atoms with E-state index in [2.05, 4.69) is 133 Å². The Morgan fingerprint density at radius 3 is 1.53 bits per heavy atom.